The maximum absolute atomic E-state index is 9.71. The standard InChI is InChI=1S/C100H86BN3S/c1-97(2,3)72-38-27-37-67(52-72)70-51-69(64-31-19-14-20-32-64)53-77(54-70)103-89-62-76(102-86-49-44-73(98(4,5)6)58-82(86)83-59-74(99(7,8)9)45-50-87(83)102)46-48-85(89)101-84-47-43-68(63-29-17-13-18-30-63)55-88(84)104(91-57-71(56-90(103)95(91)101)78-40-28-42-93-94(78)79-39-25-26-41-92(79)105-93)96-80(65-33-21-15-22-34-65)60-75(100(10,11)12)61-81(96)66-35-23-16-24-36-66/h13-62H,1-12H3/i13D,17D,18D,29D,30D. The molecule has 2 aliphatic heterocycles. The van der Waals surface area contributed by atoms with Gasteiger partial charge in [0.15, 0.2) is 0 Å². The summed E-state index contributed by atoms with van der Waals surface area (Å²) in [5.74, 6) is 0. The van der Waals surface area contributed by atoms with Gasteiger partial charge in [-0.05, 0) is 213 Å². The van der Waals surface area contributed by atoms with Gasteiger partial charge >= 0.3 is 0 Å². The van der Waals surface area contributed by atoms with Crippen molar-refractivity contribution >= 4 is 111 Å². The maximum atomic E-state index is 9.71. The van der Waals surface area contributed by atoms with E-state index in [1.807, 2.05) is 17.4 Å². The Hall–Kier alpha value is -11.2. The summed E-state index contributed by atoms with van der Waals surface area (Å²) in [6.07, 6.45) is 0. The molecule has 0 bridgehead atoms. The molecule has 3 nitrogen and oxygen atoms in total. The van der Waals surface area contributed by atoms with Crippen molar-refractivity contribution < 1.29 is 6.85 Å². The number of benzene rings is 14. The van der Waals surface area contributed by atoms with E-state index in [1.165, 1.54) is 53.2 Å². The van der Waals surface area contributed by atoms with Gasteiger partial charge in [-0.25, -0.2) is 0 Å². The van der Waals surface area contributed by atoms with E-state index in [-0.39, 0.29) is 51.4 Å². The molecule has 105 heavy (non-hydrogen) atoms. The van der Waals surface area contributed by atoms with Gasteiger partial charge in [-0.2, -0.15) is 0 Å². The van der Waals surface area contributed by atoms with E-state index in [4.69, 9.17) is 1.37 Å². The van der Waals surface area contributed by atoms with Crippen LogP contribution in [-0.4, -0.2) is 11.3 Å². The predicted molar refractivity (Wildman–Crippen MR) is 455 cm³/mol. The van der Waals surface area contributed by atoms with Gasteiger partial charge in [0.05, 0.1) is 23.6 Å². The molecule has 14 aromatic carbocycles. The Morgan fingerprint density at radius 3 is 1.41 bits per heavy atom. The third-order valence-corrected chi connectivity index (χ3v) is 23.2. The first kappa shape index (κ1) is 60.2. The lowest BCUT2D eigenvalue weighted by molar-refractivity contribution is 0.590. The van der Waals surface area contributed by atoms with Crippen LogP contribution in [0, 0.1) is 0 Å². The molecule has 2 aliphatic rings. The summed E-state index contributed by atoms with van der Waals surface area (Å²) in [5, 5.41) is 4.78. The number of nitrogens with zero attached hydrogens (tertiary/aromatic N) is 3. The molecule has 0 fully saturated rings. The molecule has 4 heterocycles. The van der Waals surface area contributed by atoms with Crippen LogP contribution in [0.3, 0.4) is 0 Å². The second kappa shape index (κ2) is 24.7. The minimum Gasteiger partial charge on any atom is -0.311 e. The molecule has 0 radical (unpaired) electrons. The molecule has 0 saturated carbocycles. The number of anilines is 6. The summed E-state index contributed by atoms with van der Waals surface area (Å²) < 4.78 is 51.6. The highest BCUT2D eigenvalue weighted by molar-refractivity contribution is 7.26. The zero-order valence-electron chi connectivity index (χ0n) is 66.8. The normalized spacial score (nSPS) is 13.8. The van der Waals surface area contributed by atoms with E-state index in [9.17, 15) is 5.48 Å². The molecule has 5 heteroatoms. The predicted octanol–water partition coefficient (Wildman–Crippen LogP) is 26.4. The van der Waals surface area contributed by atoms with Crippen LogP contribution < -0.4 is 26.2 Å². The van der Waals surface area contributed by atoms with Crippen LogP contribution in [-0.2, 0) is 21.7 Å². The van der Waals surface area contributed by atoms with E-state index in [2.05, 4.69) is 364 Å². The molecule has 16 aromatic rings. The molecule has 18 rings (SSSR count). The van der Waals surface area contributed by atoms with Crippen molar-refractivity contribution in [3.63, 3.8) is 0 Å². The van der Waals surface area contributed by atoms with Crippen LogP contribution in [0.4, 0.5) is 34.1 Å². The highest BCUT2D eigenvalue weighted by Gasteiger charge is 2.46. The number of hydrogen-bond acceptors (Lipinski definition) is 3. The largest absolute Gasteiger partial charge is 0.311 e. The van der Waals surface area contributed by atoms with Crippen LogP contribution in [0.25, 0.3) is 114 Å². The number of rotatable bonds is 9. The van der Waals surface area contributed by atoms with Gasteiger partial charge in [0.1, 0.15) is 0 Å². The van der Waals surface area contributed by atoms with Crippen molar-refractivity contribution in [3.05, 3.63) is 325 Å². The van der Waals surface area contributed by atoms with E-state index in [0.29, 0.717) is 5.56 Å². The molecule has 0 aliphatic carbocycles. The van der Waals surface area contributed by atoms with Gasteiger partial charge in [0.25, 0.3) is 6.71 Å². The van der Waals surface area contributed by atoms with Crippen molar-refractivity contribution in [1.82, 2.24) is 4.57 Å². The second-order valence-corrected chi connectivity index (χ2v) is 34.1. The van der Waals surface area contributed by atoms with Crippen LogP contribution in [0.15, 0.2) is 303 Å². The summed E-state index contributed by atoms with van der Waals surface area (Å²) in [5.41, 5.74) is 27.8. The summed E-state index contributed by atoms with van der Waals surface area (Å²) in [7, 11) is 0. The maximum Gasteiger partial charge on any atom is 0.252 e. The van der Waals surface area contributed by atoms with Gasteiger partial charge in [-0.1, -0.05) is 289 Å². The first-order valence-corrected chi connectivity index (χ1v) is 37.7. The molecule has 0 unspecified atom stereocenters. The molecule has 0 spiro atoms. The van der Waals surface area contributed by atoms with Crippen molar-refractivity contribution in [2.45, 2.75) is 105 Å². The minimum absolute atomic E-state index is 0.103. The minimum atomic E-state index is -0.441. The first-order valence-electron chi connectivity index (χ1n) is 39.4. The van der Waals surface area contributed by atoms with Crippen molar-refractivity contribution in [2.75, 3.05) is 9.80 Å². The van der Waals surface area contributed by atoms with Crippen molar-refractivity contribution in [3.8, 4) is 72.4 Å². The second-order valence-electron chi connectivity index (χ2n) is 33.0. The summed E-state index contributed by atoms with van der Waals surface area (Å²) >= 11 is 1.82. The topological polar surface area (TPSA) is 11.4 Å². The van der Waals surface area contributed by atoms with Crippen LogP contribution in [0.1, 0.15) is 112 Å². The lowest BCUT2D eigenvalue weighted by Gasteiger charge is -2.45. The van der Waals surface area contributed by atoms with E-state index in [0.717, 1.165) is 123 Å². The SMILES string of the molecule is [2H]c1c([2H])c([2H])c(-c2ccc3c(c2)N(c2c(-c4ccccc4)cc(C(C)(C)C)cc2-c2ccccc2)c2cc(-c4cccc5sc6ccccc6c45)cc4c2B3c2ccc(-n3c5ccc(C(C)(C)C)cc5c5cc(C(C)(C)C)ccc53)cc2N4c2cc(-c3ccccc3)cc(-c3cccc(C(C)(C)C)c3)c2)c([2H])c1[2H]. The van der Waals surface area contributed by atoms with Gasteiger partial charge in [-0.15, -0.1) is 11.3 Å². The van der Waals surface area contributed by atoms with Gasteiger partial charge < -0.3 is 14.4 Å². The molecular formula is C100H86BN3S. The lowest BCUT2D eigenvalue weighted by Crippen LogP contribution is -2.61. The number of aromatic nitrogens is 1. The molecule has 2 aromatic heterocycles. The average molecular weight is 1380 g/mol. The first-order chi connectivity index (χ1) is 52.7. The van der Waals surface area contributed by atoms with Gasteiger partial charge in [-0.3, -0.25) is 0 Å². The Kier molecular flexibility index (Phi) is 14.2. The summed E-state index contributed by atoms with van der Waals surface area (Å²) in [6, 6.07) is 100. The molecule has 510 valence electrons. The Morgan fingerprint density at radius 2 is 0.800 bits per heavy atom. The lowest BCUT2D eigenvalue weighted by atomic mass is 9.33. The Labute approximate surface area is 630 Å². The molecule has 0 N–H and O–H groups in total. The number of hydrogen-bond donors (Lipinski definition) is 0. The average Bonchev–Trinajstić information content (AvgIpc) is 0.709. The zero-order chi connectivity index (χ0) is 76.4. The summed E-state index contributed by atoms with van der Waals surface area (Å²) in [6.45, 7) is 27.1. The Bertz CT molecular complexity index is 6310. The molecular weight excluding hydrogens is 1290 g/mol. The molecule has 0 atom stereocenters. The quantitative estimate of drug-likeness (QED) is 0.133. The van der Waals surface area contributed by atoms with Crippen molar-refractivity contribution in [1.29, 1.82) is 0 Å². The third kappa shape index (κ3) is 11.3. The highest BCUT2D eigenvalue weighted by Crippen LogP contribution is 2.55. The Balaban J connectivity index is 1.04. The number of thiophene rings is 1. The van der Waals surface area contributed by atoms with Gasteiger partial charge in [0.2, 0.25) is 0 Å². The van der Waals surface area contributed by atoms with E-state index >= 15 is 0 Å². The number of fused-ring (bicyclic) bond motifs is 10. The Morgan fingerprint density at radius 1 is 0.305 bits per heavy atom. The highest BCUT2D eigenvalue weighted by atomic mass is 32.1. The zero-order valence-corrected chi connectivity index (χ0v) is 62.6. The molecule has 0 saturated heterocycles. The van der Waals surface area contributed by atoms with E-state index < -0.39 is 12.8 Å². The third-order valence-electron chi connectivity index (χ3n) is 22.0. The fourth-order valence-corrected chi connectivity index (χ4v) is 17.6. The van der Waals surface area contributed by atoms with Gasteiger partial charge in [0, 0.05) is 76.2 Å². The fourth-order valence-electron chi connectivity index (χ4n) is 16.4. The monoisotopic (exact) mass is 1380 g/mol. The van der Waals surface area contributed by atoms with E-state index in [1.54, 1.807) is 0 Å². The molecule has 0 amide bonds. The van der Waals surface area contributed by atoms with Crippen molar-refractivity contribution in [2.24, 2.45) is 0 Å². The van der Waals surface area contributed by atoms with Crippen LogP contribution in [0.5, 0.6) is 0 Å². The summed E-state index contributed by atoms with van der Waals surface area (Å²) in [4.78, 5) is 5.10. The van der Waals surface area contributed by atoms with Crippen LogP contribution >= 0.6 is 11.3 Å². The fraction of sp³-hybridized carbons (Fsp3) is 0.160. The van der Waals surface area contributed by atoms with Crippen LogP contribution in [0.2, 0.25) is 0 Å². The smallest absolute Gasteiger partial charge is 0.252 e.